The predicted octanol–water partition coefficient (Wildman–Crippen LogP) is -2.01. The summed E-state index contributed by atoms with van der Waals surface area (Å²) >= 11 is 0. The van der Waals surface area contributed by atoms with Crippen molar-refractivity contribution in [3.05, 3.63) is 0 Å². The van der Waals surface area contributed by atoms with Crippen LogP contribution in [0.5, 0.6) is 0 Å². The molecule has 0 spiro atoms. The number of hydrogen-bond donors (Lipinski definition) is 6. The third-order valence-electron chi connectivity index (χ3n) is 4.49. The molecule has 1 fully saturated rings. The Labute approximate surface area is 160 Å². The van der Waals surface area contributed by atoms with Gasteiger partial charge in [-0.2, -0.15) is 0 Å². The molecule has 0 saturated heterocycles. The first-order valence-corrected chi connectivity index (χ1v) is 6.27. The molecule has 0 heterocycles. The van der Waals surface area contributed by atoms with Crippen LogP contribution in [-0.4, -0.2) is 96.0 Å². The molecule has 0 aromatic rings. The second-order valence-electron chi connectivity index (χ2n) is 5.25. The van der Waals surface area contributed by atoms with Crippen LogP contribution in [0.3, 0.4) is 0 Å². The summed E-state index contributed by atoms with van der Waals surface area (Å²) in [4.78, 5) is 69.8. The molecular weight excluding hydrogens is 359 g/mol. The van der Waals surface area contributed by atoms with Crippen LogP contribution >= 0.6 is 0 Å². The Balaban J connectivity index is 0.00000576. The fraction of sp³-hybridized carbons (Fsp3) is 0.500. The Morgan fingerprint density at radius 3 is 0.920 bits per heavy atom. The van der Waals surface area contributed by atoms with Crippen molar-refractivity contribution in [1.82, 2.24) is 0 Å². The van der Waals surface area contributed by atoms with Crippen molar-refractivity contribution in [3.63, 3.8) is 0 Å². The van der Waals surface area contributed by atoms with Crippen LogP contribution in [-0.2, 0) is 28.8 Å². The van der Waals surface area contributed by atoms with E-state index in [-0.39, 0.29) is 29.6 Å². The van der Waals surface area contributed by atoms with Gasteiger partial charge in [-0.25, -0.2) is 0 Å². The second-order valence-corrected chi connectivity index (χ2v) is 5.25. The molecule has 1 rings (SSSR count). The first-order valence-electron chi connectivity index (χ1n) is 6.27. The van der Waals surface area contributed by atoms with Crippen molar-refractivity contribution in [1.29, 1.82) is 0 Å². The fourth-order valence-corrected chi connectivity index (χ4v) is 3.43. The maximum atomic E-state index is 11.7. The number of carboxylic acids is 6. The first-order chi connectivity index (χ1) is 10.9. The summed E-state index contributed by atoms with van der Waals surface area (Å²) in [6.45, 7) is 0. The van der Waals surface area contributed by atoms with Gasteiger partial charge in [-0.1, -0.05) is 0 Å². The molecule has 134 valence electrons. The van der Waals surface area contributed by atoms with E-state index in [2.05, 4.69) is 0 Å². The van der Waals surface area contributed by atoms with Gasteiger partial charge in [-0.05, 0) is 19.3 Å². The Hall–Kier alpha value is -2.18. The summed E-state index contributed by atoms with van der Waals surface area (Å²) in [7, 11) is 0. The normalized spacial score (nSPS) is 19.7. The molecule has 0 atom stereocenters. The van der Waals surface area contributed by atoms with Crippen LogP contribution in [0, 0.1) is 16.2 Å². The van der Waals surface area contributed by atoms with Gasteiger partial charge in [0.1, 0.15) is 0 Å². The van der Waals surface area contributed by atoms with Gasteiger partial charge in [0.15, 0.2) is 10.8 Å². The van der Waals surface area contributed by atoms with E-state index in [0.29, 0.717) is 0 Å². The molecular formula is C12H13NaO12. The van der Waals surface area contributed by atoms with E-state index in [1.807, 2.05) is 0 Å². The Bertz CT molecular complexity index is 581. The van der Waals surface area contributed by atoms with Gasteiger partial charge in [0.05, 0.1) is 0 Å². The quantitative estimate of drug-likeness (QED) is 0.220. The van der Waals surface area contributed by atoms with E-state index in [9.17, 15) is 59.4 Å². The van der Waals surface area contributed by atoms with Crippen LogP contribution in [0.1, 0.15) is 19.3 Å². The van der Waals surface area contributed by atoms with Crippen LogP contribution in [0.2, 0.25) is 0 Å². The molecule has 0 aromatic heterocycles. The average Bonchev–Trinajstić information content (AvgIpc) is 2.43. The van der Waals surface area contributed by atoms with Gasteiger partial charge >= 0.3 is 65.4 Å². The minimum atomic E-state index is -4.17. The topological polar surface area (TPSA) is 224 Å². The summed E-state index contributed by atoms with van der Waals surface area (Å²) in [6.07, 6.45) is -2.78. The SMILES string of the molecule is O=C(O)C1(C(=O)O)CCCC(C(=O)O)(C(=O)O)C1(C(=O)O)C(=O)O.[NaH]. The molecule has 6 N–H and O–H groups in total. The van der Waals surface area contributed by atoms with Gasteiger partial charge < -0.3 is 30.6 Å². The van der Waals surface area contributed by atoms with Crippen LogP contribution in [0.4, 0.5) is 0 Å². The Morgan fingerprint density at radius 1 is 0.520 bits per heavy atom. The fourth-order valence-electron chi connectivity index (χ4n) is 3.43. The molecule has 0 radical (unpaired) electrons. The number of hydrogen-bond acceptors (Lipinski definition) is 6. The number of carboxylic acid groups (broad SMARTS) is 6. The summed E-state index contributed by atoms with van der Waals surface area (Å²) in [5.41, 5.74) is -11.6. The third-order valence-corrected chi connectivity index (χ3v) is 4.49. The third kappa shape index (κ3) is 2.40. The molecule has 12 nitrogen and oxygen atoms in total. The molecule has 0 unspecified atom stereocenters. The van der Waals surface area contributed by atoms with E-state index < -0.39 is 71.3 Å². The van der Waals surface area contributed by atoms with Crippen molar-refractivity contribution in [2.45, 2.75) is 19.3 Å². The summed E-state index contributed by atoms with van der Waals surface area (Å²) in [5.74, 6) is -15.2. The molecule has 0 aliphatic heterocycles. The molecule has 1 aliphatic carbocycles. The summed E-state index contributed by atoms with van der Waals surface area (Å²) < 4.78 is 0. The van der Waals surface area contributed by atoms with Crippen molar-refractivity contribution in [3.8, 4) is 0 Å². The zero-order valence-electron chi connectivity index (χ0n) is 11.8. The number of aliphatic carboxylic acids is 6. The van der Waals surface area contributed by atoms with Crippen molar-refractivity contribution in [2.24, 2.45) is 16.2 Å². The predicted molar refractivity (Wildman–Crippen MR) is 74.1 cm³/mol. The van der Waals surface area contributed by atoms with Crippen molar-refractivity contribution >= 4 is 65.4 Å². The van der Waals surface area contributed by atoms with Gasteiger partial charge in [-0.15, -0.1) is 0 Å². The average molecular weight is 372 g/mol. The minimum absolute atomic E-state index is 0. The van der Waals surface area contributed by atoms with Gasteiger partial charge in [-0.3, -0.25) is 28.8 Å². The number of rotatable bonds is 6. The van der Waals surface area contributed by atoms with E-state index in [1.165, 1.54) is 0 Å². The molecule has 13 heteroatoms. The first kappa shape index (κ1) is 22.8. The second kappa shape index (κ2) is 6.98. The Kier molecular flexibility index (Phi) is 6.37. The number of carbonyl (C=O) groups is 6. The van der Waals surface area contributed by atoms with Crippen molar-refractivity contribution in [2.75, 3.05) is 0 Å². The van der Waals surface area contributed by atoms with E-state index in [1.54, 1.807) is 0 Å². The van der Waals surface area contributed by atoms with E-state index in [0.717, 1.165) is 0 Å². The van der Waals surface area contributed by atoms with Gasteiger partial charge in [0.25, 0.3) is 0 Å². The van der Waals surface area contributed by atoms with Gasteiger partial charge in [0, 0.05) is 0 Å². The zero-order valence-corrected chi connectivity index (χ0v) is 11.8. The molecule has 0 amide bonds. The van der Waals surface area contributed by atoms with E-state index in [4.69, 9.17) is 0 Å². The standard InChI is InChI=1S/C12H12O12.Na.H/c13-4(14)10(5(15)16)2-1-3-11(6(17)18,7(19)20)12(10,8(21)22)9(23)24;;/h1-3H2,(H,13,14)(H,15,16)(H,17,18)(H,19,20)(H,21,22)(H,23,24);;. The van der Waals surface area contributed by atoms with Crippen LogP contribution in [0.25, 0.3) is 0 Å². The monoisotopic (exact) mass is 372 g/mol. The van der Waals surface area contributed by atoms with E-state index >= 15 is 0 Å². The molecule has 1 saturated carbocycles. The molecule has 1 aliphatic rings. The molecule has 0 aromatic carbocycles. The van der Waals surface area contributed by atoms with Gasteiger partial charge in [0.2, 0.25) is 5.41 Å². The summed E-state index contributed by atoms with van der Waals surface area (Å²) in [6, 6.07) is 0. The van der Waals surface area contributed by atoms with Crippen LogP contribution < -0.4 is 0 Å². The van der Waals surface area contributed by atoms with Crippen LogP contribution in [0.15, 0.2) is 0 Å². The summed E-state index contributed by atoms with van der Waals surface area (Å²) in [5, 5.41) is 56.0. The zero-order chi connectivity index (χ0) is 19.1. The Morgan fingerprint density at radius 2 is 0.760 bits per heavy atom. The van der Waals surface area contributed by atoms with Crippen molar-refractivity contribution < 1.29 is 59.4 Å². The molecule has 0 bridgehead atoms. The maximum absolute atomic E-state index is 11.7. The molecule has 25 heavy (non-hydrogen) atoms.